The monoisotopic (exact) mass is 536 g/mol. The van der Waals surface area contributed by atoms with Gasteiger partial charge in [-0.15, -0.1) is 0 Å². The number of H-pyrrole nitrogens is 1. The molecule has 5 N–H and O–H groups in total. The molecule has 0 bridgehead atoms. The first-order valence-corrected chi connectivity index (χ1v) is 12.7. The summed E-state index contributed by atoms with van der Waals surface area (Å²) in [6.45, 7) is 3.81. The van der Waals surface area contributed by atoms with E-state index < -0.39 is 41.2 Å². The van der Waals surface area contributed by atoms with Gasteiger partial charge in [0.25, 0.3) is 5.91 Å². The number of aromatic amines is 1. The molecule has 4 rings (SSSR count). The number of hydrogen-bond donors (Lipinski definition) is 4. The fourth-order valence-electron chi connectivity index (χ4n) is 5.16. The minimum atomic E-state index is -1.04. The lowest BCUT2D eigenvalue weighted by Crippen LogP contribution is -2.45. The molecule has 0 unspecified atom stereocenters. The van der Waals surface area contributed by atoms with Crippen molar-refractivity contribution in [1.29, 1.82) is 0 Å². The number of amides is 3. The molecule has 3 atom stereocenters. The number of methoxy groups -OCH3 is 1. The van der Waals surface area contributed by atoms with Gasteiger partial charge < -0.3 is 26.1 Å². The highest BCUT2D eigenvalue weighted by Gasteiger charge is 2.41. The number of nitrogens with two attached hydrogens (primary N) is 1. The number of carbonyl (C=O) groups is 4. The number of benzene rings is 1. The average molecular weight is 537 g/mol. The van der Waals surface area contributed by atoms with Crippen LogP contribution in [0.25, 0.3) is 10.9 Å². The molecule has 2 aliphatic rings. The highest BCUT2D eigenvalue weighted by molar-refractivity contribution is 6.39. The van der Waals surface area contributed by atoms with E-state index in [1.54, 1.807) is 6.07 Å². The molecule has 1 aromatic heterocycles. The van der Waals surface area contributed by atoms with Crippen molar-refractivity contribution in [3.8, 4) is 0 Å². The van der Waals surface area contributed by atoms with E-state index in [0.29, 0.717) is 34.3 Å². The van der Waals surface area contributed by atoms with Gasteiger partial charge in [0, 0.05) is 32.9 Å². The number of aromatic nitrogens is 1. The molecule has 194 valence electrons. The Morgan fingerprint density at radius 3 is 2.47 bits per heavy atom. The van der Waals surface area contributed by atoms with Gasteiger partial charge in [0.05, 0.1) is 18.1 Å². The highest BCUT2D eigenvalue weighted by atomic mass is 35.5. The molecule has 1 aliphatic heterocycles. The lowest BCUT2D eigenvalue weighted by atomic mass is 9.88. The summed E-state index contributed by atoms with van der Waals surface area (Å²) in [5.74, 6) is -3.01. The fourth-order valence-corrected chi connectivity index (χ4v) is 5.75. The van der Waals surface area contributed by atoms with Crippen LogP contribution in [-0.2, 0) is 19.1 Å². The second-order valence-electron chi connectivity index (χ2n) is 10.4. The molecule has 1 aliphatic carbocycles. The van der Waals surface area contributed by atoms with Crippen LogP contribution >= 0.6 is 23.2 Å². The average Bonchev–Trinajstić information content (AvgIpc) is 3.46. The first-order chi connectivity index (χ1) is 16.9. The van der Waals surface area contributed by atoms with Gasteiger partial charge in [0.15, 0.2) is 0 Å². The largest absolute Gasteiger partial charge is 0.467 e. The standard InChI is InChI=1S/C25H30Cl2N4O5/c1-25(2)10-12(22(33)31-25)7-17(24(35)36-3)30-23(34)14(6-11-4-5-11)18-19-15(27)8-13(26)9-16(19)29-20(18)21(28)32/h8-9,11-12,14,17,29H,4-7,10H2,1-3H3,(H2,28,32)(H,30,34)(H,31,33)/t12-,14+,17+/m1/s1. The van der Waals surface area contributed by atoms with E-state index in [2.05, 4.69) is 15.6 Å². The van der Waals surface area contributed by atoms with Gasteiger partial charge >= 0.3 is 5.97 Å². The molecule has 36 heavy (non-hydrogen) atoms. The topological polar surface area (TPSA) is 143 Å². The Morgan fingerprint density at radius 2 is 1.92 bits per heavy atom. The summed E-state index contributed by atoms with van der Waals surface area (Å²) in [5.41, 5.74) is 6.21. The third kappa shape index (κ3) is 5.47. The van der Waals surface area contributed by atoms with Crippen molar-refractivity contribution in [2.24, 2.45) is 17.6 Å². The Bertz CT molecular complexity index is 1240. The minimum absolute atomic E-state index is 0.0708. The van der Waals surface area contributed by atoms with Crippen molar-refractivity contribution < 1.29 is 23.9 Å². The number of primary amides is 1. The summed E-state index contributed by atoms with van der Waals surface area (Å²) in [5, 5.41) is 6.83. The number of nitrogens with one attached hydrogen (secondary N) is 3. The fraction of sp³-hybridized carbons (Fsp3) is 0.520. The summed E-state index contributed by atoms with van der Waals surface area (Å²) in [7, 11) is 1.23. The van der Waals surface area contributed by atoms with Crippen molar-refractivity contribution in [1.82, 2.24) is 15.6 Å². The normalized spacial score (nSPS) is 20.6. The summed E-state index contributed by atoms with van der Waals surface area (Å²) >= 11 is 12.7. The molecule has 2 aromatic rings. The molecule has 2 heterocycles. The summed E-state index contributed by atoms with van der Waals surface area (Å²) in [6.07, 6.45) is 2.97. The van der Waals surface area contributed by atoms with Crippen molar-refractivity contribution in [2.45, 2.75) is 63.5 Å². The lowest BCUT2D eigenvalue weighted by molar-refractivity contribution is -0.146. The molecule has 0 spiro atoms. The summed E-state index contributed by atoms with van der Waals surface area (Å²) < 4.78 is 4.94. The van der Waals surface area contributed by atoms with Crippen molar-refractivity contribution in [3.63, 3.8) is 0 Å². The van der Waals surface area contributed by atoms with Crippen LogP contribution in [0.4, 0.5) is 0 Å². The van der Waals surface area contributed by atoms with Crippen LogP contribution in [0.1, 0.15) is 67.9 Å². The number of rotatable bonds is 9. The maximum Gasteiger partial charge on any atom is 0.328 e. The lowest BCUT2D eigenvalue weighted by Gasteiger charge is -2.24. The van der Waals surface area contributed by atoms with Crippen molar-refractivity contribution in [2.75, 3.05) is 7.11 Å². The molecule has 11 heteroatoms. The van der Waals surface area contributed by atoms with Gasteiger partial charge in [-0.2, -0.15) is 0 Å². The van der Waals surface area contributed by atoms with Crippen LogP contribution in [0.2, 0.25) is 10.0 Å². The number of fused-ring (bicyclic) bond motifs is 1. The Hall–Kier alpha value is -2.78. The molecule has 1 aromatic carbocycles. The summed E-state index contributed by atoms with van der Waals surface area (Å²) in [4.78, 5) is 54.2. The van der Waals surface area contributed by atoms with E-state index in [1.807, 2.05) is 13.8 Å². The first kappa shape index (κ1) is 26.3. The van der Waals surface area contributed by atoms with Gasteiger partial charge in [0.1, 0.15) is 11.7 Å². The van der Waals surface area contributed by atoms with Gasteiger partial charge in [-0.05, 0) is 51.2 Å². The Morgan fingerprint density at radius 1 is 1.22 bits per heavy atom. The number of halogens is 2. The minimum Gasteiger partial charge on any atom is -0.467 e. The van der Waals surface area contributed by atoms with E-state index in [1.165, 1.54) is 13.2 Å². The maximum absolute atomic E-state index is 13.8. The van der Waals surface area contributed by atoms with Crippen molar-refractivity contribution >= 4 is 57.8 Å². The highest BCUT2D eigenvalue weighted by Crippen LogP contribution is 2.44. The zero-order valence-corrected chi connectivity index (χ0v) is 21.9. The number of carbonyl (C=O) groups excluding carboxylic acids is 4. The molecular formula is C25H30Cl2N4O5. The second-order valence-corrected chi connectivity index (χ2v) is 11.3. The van der Waals surface area contributed by atoms with E-state index >= 15 is 0 Å². The van der Waals surface area contributed by atoms with Crippen LogP contribution in [0.15, 0.2) is 12.1 Å². The molecular weight excluding hydrogens is 507 g/mol. The second kappa shape index (κ2) is 9.94. The molecule has 0 radical (unpaired) electrons. The first-order valence-electron chi connectivity index (χ1n) is 11.9. The van der Waals surface area contributed by atoms with Crippen LogP contribution in [0, 0.1) is 11.8 Å². The van der Waals surface area contributed by atoms with E-state index in [9.17, 15) is 19.2 Å². The third-order valence-corrected chi connectivity index (χ3v) is 7.46. The number of hydrogen-bond acceptors (Lipinski definition) is 5. The predicted molar refractivity (Wildman–Crippen MR) is 136 cm³/mol. The van der Waals surface area contributed by atoms with Crippen molar-refractivity contribution in [3.05, 3.63) is 33.4 Å². The number of esters is 1. The smallest absolute Gasteiger partial charge is 0.328 e. The molecule has 3 amide bonds. The van der Waals surface area contributed by atoms with Crippen LogP contribution in [-0.4, -0.2) is 47.4 Å². The quantitative estimate of drug-likeness (QED) is 0.363. The molecule has 9 nitrogen and oxygen atoms in total. The zero-order chi connectivity index (χ0) is 26.4. The zero-order valence-electron chi connectivity index (χ0n) is 20.4. The van der Waals surface area contributed by atoms with E-state index in [4.69, 9.17) is 33.7 Å². The molecule has 1 saturated heterocycles. The predicted octanol–water partition coefficient (Wildman–Crippen LogP) is 3.42. The van der Waals surface area contributed by atoms with Crippen LogP contribution in [0.5, 0.6) is 0 Å². The Labute approximate surface area is 218 Å². The summed E-state index contributed by atoms with van der Waals surface area (Å²) in [6, 6.07) is 2.11. The SMILES string of the molecule is COC(=O)[C@H](C[C@@H]1CC(C)(C)NC1=O)NC(=O)[C@@H](CC1CC1)c1c(C(N)=O)[nH]c2cc(Cl)cc(Cl)c12. The third-order valence-electron chi connectivity index (χ3n) is 6.94. The van der Waals surface area contributed by atoms with E-state index in [0.717, 1.165) is 12.8 Å². The molecule has 2 fully saturated rings. The van der Waals surface area contributed by atoms with Gasteiger partial charge in [-0.1, -0.05) is 36.0 Å². The maximum atomic E-state index is 13.8. The Balaban J connectivity index is 1.70. The molecule has 1 saturated carbocycles. The Kier molecular flexibility index (Phi) is 7.26. The van der Waals surface area contributed by atoms with E-state index in [-0.39, 0.29) is 29.0 Å². The van der Waals surface area contributed by atoms with Gasteiger partial charge in [0.2, 0.25) is 11.8 Å². The van der Waals surface area contributed by atoms with Gasteiger partial charge in [-0.25, -0.2) is 4.79 Å². The van der Waals surface area contributed by atoms with Crippen LogP contribution < -0.4 is 16.4 Å². The van der Waals surface area contributed by atoms with Gasteiger partial charge in [-0.3, -0.25) is 14.4 Å². The van der Waals surface area contributed by atoms with Crippen LogP contribution in [0.3, 0.4) is 0 Å². The number of ether oxygens (including phenoxy) is 1.